The Morgan fingerprint density at radius 1 is 0.850 bits per heavy atom. The molecule has 0 N–H and O–H groups in total. The molecule has 0 atom stereocenters. The molecule has 3 rings (SSSR count). The molecule has 1 aliphatic heterocycles. The Morgan fingerprint density at radius 3 is 2.10 bits per heavy atom. The first-order valence-corrected chi connectivity index (χ1v) is 7.41. The fourth-order valence-corrected chi connectivity index (χ4v) is 2.58. The Balaban J connectivity index is 1.63. The molecule has 0 spiro atoms. The summed E-state index contributed by atoms with van der Waals surface area (Å²) < 4.78 is 16.8. The van der Waals surface area contributed by atoms with Gasteiger partial charge >= 0.3 is 0 Å². The summed E-state index contributed by atoms with van der Waals surface area (Å²) in [5, 5.41) is 0. The third-order valence-corrected chi connectivity index (χ3v) is 3.92. The van der Waals surface area contributed by atoms with Crippen molar-refractivity contribution >= 4 is 23.0 Å². The standard InChI is InChI=1S/C16H15IO3/c17-20-15-8-6-13(7-9-15)16-18-10-14(11-19-16)12-4-2-1-3-5-12/h1-9,14,16H,10-11H2. The van der Waals surface area contributed by atoms with Crippen molar-refractivity contribution in [2.24, 2.45) is 0 Å². The second-order valence-corrected chi connectivity index (χ2v) is 5.19. The van der Waals surface area contributed by atoms with Crippen molar-refractivity contribution in [1.29, 1.82) is 0 Å². The van der Waals surface area contributed by atoms with Gasteiger partial charge in [0.05, 0.1) is 13.2 Å². The number of hydrogen-bond donors (Lipinski definition) is 0. The molecule has 1 fully saturated rings. The Bertz CT molecular complexity index is 533. The highest BCUT2D eigenvalue weighted by Crippen LogP contribution is 2.30. The molecule has 20 heavy (non-hydrogen) atoms. The Labute approximate surface area is 132 Å². The van der Waals surface area contributed by atoms with Crippen molar-refractivity contribution in [2.45, 2.75) is 12.2 Å². The van der Waals surface area contributed by atoms with E-state index in [0.717, 1.165) is 11.3 Å². The molecule has 0 radical (unpaired) electrons. The average molecular weight is 382 g/mol. The van der Waals surface area contributed by atoms with Gasteiger partial charge in [-0.15, -0.1) is 0 Å². The van der Waals surface area contributed by atoms with Gasteiger partial charge in [-0.25, -0.2) is 0 Å². The van der Waals surface area contributed by atoms with Crippen molar-refractivity contribution < 1.29 is 12.5 Å². The van der Waals surface area contributed by atoms with E-state index in [4.69, 9.17) is 12.5 Å². The van der Waals surface area contributed by atoms with Crippen LogP contribution in [-0.2, 0) is 9.47 Å². The maximum Gasteiger partial charge on any atom is 0.192 e. The monoisotopic (exact) mass is 382 g/mol. The lowest BCUT2D eigenvalue weighted by molar-refractivity contribution is -0.191. The molecule has 104 valence electrons. The summed E-state index contributed by atoms with van der Waals surface area (Å²) in [6.45, 7) is 1.36. The smallest absolute Gasteiger partial charge is 0.192 e. The maximum absolute atomic E-state index is 5.84. The predicted octanol–water partition coefficient (Wildman–Crippen LogP) is 4.24. The molecule has 1 heterocycles. The summed E-state index contributed by atoms with van der Waals surface area (Å²) in [7, 11) is 0. The lowest BCUT2D eigenvalue weighted by atomic mass is 10.0. The second kappa shape index (κ2) is 6.56. The highest BCUT2D eigenvalue weighted by atomic mass is 127. The van der Waals surface area contributed by atoms with Crippen molar-refractivity contribution in [3.63, 3.8) is 0 Å². The maximum atomic E-state index is 5.84. The van der Waals surface area contributed by atoms with E-state index >= 15 is 0 Å². The van der Waals surface area contributed by atoms with Gasteiger partial charge in [-0.2, -0.15) is 0 Å². The van der Waals surface area contributed by atoms with Crippen molar-refractivity contribution in [1.82, 2.24) is 0 Å². The number of hydrogen-bond acceptors (Lipinski definition) is 3. The van der Waals surface area contributed by atoms with E-state index in [0.29, 0.717) is 19.1 Å². The number of ether oxygens (including phenoxy) is 2. The highest BCUT2D eigenvalue weighted by Gasteiger charge is 2.24. The lowest BCUT2D eigenvalue weighted by Gasteiger charge is -2.29. The Kier molecular flexibility index (Phi) is 4.54. The molecule has 0 bridgehead atoms. The molecular weight excluding hydrogens is 367 g/mol. The van der Waals surface area contributed by atoms with Crippen LogP contribution in [0.5, 0.6) is 5.75 Å². The quantitative estimate of drug-likeness (QED) is 0.744. The summed E-state index contributed by atoms with van der Waals surface area (Å²) in [6, 6.07) is 18.1. The molecule has 3 nitrogen and oxygen atoms in total. The molecular formula is C16H15IO3. The van der Waals surface area contributed by atoms with E-state index in [1.54, 1.807) is 0 Å². The van der Waals surface area contributed by atoms with Gasteiger partial charge in [0.2, 0.25) is 0 Å². The van der Waals surface area contributed by atoms with Crippen LogP contribution in [-0.4, -0.2) is 13.2 Å². The van der Waals surface area contributed by atoms with Gasteiger partial charge < -0.3 is 12.5 Å². The molecule has 0 aromatic heterocycles. The van der Waals surface area contributed by atoms with E-state index in [2.05, 4.69) is 12.1 Å². The third kappa shape index (κ3) is 3.13. The van der Waals surface area contributed by atoms with Crippen LogP contribution in [0.3, 0.4) is 0 Å². The topological polar surface area (TPSA) is 27.7 Å². The number of rotatable bonds is 3. The second-order valence-electron chi connectivity index (χ2n) is 4.75. The zero-order valence-electron chi connectivity index (χ0n) is 10.9. The first-order chi connectivity index (χ1) is 9.86. The van der Waals surface area contributed by atoms with E-state index in [9.17, 15) is 0 Å². The van der Waals surface area contributed by atoms with Gasteiger partial charge in [0.15, 0.2) is 29.3 Å². The van der Waals surface area contributed by atoms with E-state index < -0.39 is 0 Å². The van der Waals surface area contributed by atoms with Gasteiger partial charge in [0.1, 0.15) is 5.75 Å². The number of benzene rings is 2. The van der Waals surface area contributed by atoms with E-state index in [1.807, 2.05) is 65.5 Å². The SMILES string of the molecule is IOc1ccc(C2OCC(c3ccccc3)CO2)cc1. The predicted molar refractivity (Wildman–Crippen MR) is 84.9 cm³/mol. The molecule has 2 aromatic carbocycles. The summed E-state index contributed by atoms with van der Waals surface area (Å²) >= 11 is 1.87. The fourth-order valence-electron chi connectivity index (χ4n) is 2.29. The number of halogens is 1. The van der Waals surface area contributed by atoms with Crippen LogP contribution in [0.2, 0.25) is 0 Å². The molecule has 0 amide bonds. The van der Waals surface area contributed by atoms with Crippen LogP contribution in [0.1, 0.15) is 23.3 Å². The third-order valence-electron chi connectivity index (χ3n) is 3.41. The van der Waals surface area contributed by atoms with E-state index in [1.165, 1.54) is 5.56 Å². The molecule has 1 aliphatic rings. The summed E-state index contributed by atoms with van der Waals surface area (Å²) in [5.74, 6) is 1.14. The molecule has 4 heteroatoms. The average Bonchev–Trinajstić information content (AvgIpc) is 2.56. The first-order valence-electron chi connectivity index (χ1n) is 6.53. The molecule has 2 aromatic rings. The molecule has 0 unspecified atom stereocenters. The molecule has 1 saturated heterocycles. The van der Waals surface area contributed by atoms with Crippen molar-refractivity contribution in [2.75, 3.05) is 13.2 Å². The minimum absolute atomic E-state index is 0.279. The van der Waals surface area contributed by atoms with Gasteiger partial charge in [-0.05, 0) is 17.7 Å². The first kappa shape index (κ1) is 13.9. The van der Waals surface area contributed by atoms with Crippen molar-refractivity contribution in [3.8, 4) is 5.75 Å². The van der Waals surface area contributed by atoms with Crippen LogP contribution in [0, 0.1) is 0 Å². The Hall–Kier alpha value is -1.11. The molecule has 0 saturated carbocycles. The summed E-state index contributed by atoms with van der Waals surface area (Å²) in [5.41, 5.74) is 2.29. The minimum Gasteiger partial charge on any atom is -0.428 e. The van der Waals surface area contributed by atoms with E-state index in [-0.39, 0.29) is 6.29 Å². The Morgan fingerprint density at radius 2 is 1.50 bits per heavy atom. The highest BCUT2D eigenvalue weighted by molar-refractivity contribution is 14.1. The lowest BCUT2D eigenvalue weighted by Crippen LogP contribution is -2.25. The minimum atomic E-state index is -0.279. The van der Waals surface area contributed by atoms with Gasteiger partial charge in [-0.3, -0.25) is 0 Å². The van der Waals surface area contributed by atoms with Gasteiger partial charge in [0, 0.05) is 11.5 Å². The summed E-state index contributed by atoms with van der Waals surface area (Å²) in [4.78, 5) is 0. The van der Waals surface area contributed by atoms with Crippen LogP contribution in [0.15, 0.2) is 54.6 Å². The summed E-state index contributed by atoms with van der Waals surface area (Å²) in [6.07, 6.45) is -0.279. The van der Waals surface area contributed by atoms with Gasteiger partial charge in [-0.1, -0.05) is 42.5 Å². The van der Waals surface area contributed by atoms with Gasteiger partial charge in [0.25, 0.3) is 0 Å². The molecule has 0 aliphatic carbocycles. The van der Waals surface area contributed by atoms with Crippen molar-refractivity contribution in [3.05, 3.63) is 65.7 Å². The van der Waals surface area contributed by atoms with Crippen LogP contribution in [0.4, 0.5) is 0 Å². The zero-order valence-corrected chi connectivity index (χ0v) is 13.0. The van der Waals surface area contributed by atoms with Crippen LogP contribution >= 0.6 is 23.0 Å². The largest absolute Gasteiger partial charge is 0.428 e. The van der Waals surface area contributed by atoms with Crippen LogP contribution < -0.4 is 3.07 Å². The zero-order chi connectivity index (χ0) is 13.8. The normalized spacial score (nSPS) is 22.4. The fraction of sp³-hybridized carbons (Fsp3) is 0.250. The van der Waals surface area contributed by atoms with Crippen LogP contribution in [0.25, 0.3) is 0 Å².